The number of rotatable bonds is 40. The van der Waals surface area contributed by atoms with E-state index in [1.165, 1.54) is 72.2 Å². The smallest absolute Gasteiger partial charge is 0.852 e. The number of ether oxygens (including phenoxy) is 7. The fourth-order valence-corrected chi connectivity index (χ4v) is 13.6. The molecule has 0 aromatic heterocycles. The molecule has 1 N–H and O–H groups in total. The molecule has 0 saturated carbocycles. The average molecular weight is 1320 g/mol. The van der Waals surface area contributed by atoms with Crippen LogP contribution in [0.25, 0.3) is 0 Å². The van der Waals surface area contributed by atoms with Crippen LogP contribution in [0, 0.1) is 33.0 Å². The van der Waals surface area contributed by atoms with Crippen LogP contribution in [-0.4, -0.2) is 108 Å². The minimum atomic E-state index is -1.05. The number of hydrogen-bond acceptors (Lipinski definition) is 15. The summed E-state index contributed by atoms with van der Waals surface area (Å²) in [5.41, 5.74) is -0.955. The number of epoxide rings is 1. The predicted molar refractivity (Wildman–Crippen MR) is 369 cm³/mol. The zero-order valence-corrected chi connectivity index (χ0v) is 62.8. The van der Waals surface area contributed by atoms with E-state index in [2.05, 4.69) is 64.1 Å². The van der Waals surface area contributed by atoms with Crippen LogP contribution in [0.2, 0.25) is 0 Å². The maximum absolute atomic E-state index is 13.0. The summed E-state index contributed by atoms with van der Waals surface area (Å²) in [4.78, 5) is 76.0. The zero-order chi connectivity index (χ0) is 70.3. The molecule has 12 atom stereocenters. The number of benzene rings is 3. The minimum absolute atomic E-state index is 0. The first kappa shape index (κ1) is 92.6. The van der Waals surface area contributed by atoms with Crippen molar-refractivity contribution in [3.05, 3.63) is 108 Å². The molecule has 3 aromatic rings. The van der Waals surface area contributed by atoms with Crippen molar-refractivity contribution in [2.24, 2.45) is 33.0 Å². The monoisotopic (exact) mass is 1320 g/mol. The fraction of sp³-hybridized carbons (Fsp3) is 0.692. The Morgan fingerprint density at radius 2 is 0.747 bits per heavy atom. The van der Waals surface area contributed by atoms with Crippen molar-refractivity contribution >= 4 is 35.8 Å². The van der Waals surface area contributed by atoms with E-state index in [0.717, 1.165) is 77.2 Å². The first-order valence-electron chi connectivity index (χ1n) is 34.7. The zero-order valence-electron chi connectivity index (χ0n) is 62.8. The molecule has 0 bridgehead atoms. The molecule has 1 aliphatic rings. The summed E-state index contributed by atoms with van der Waals surface area (Å²) >= 11 is 0. The largest absolute Gasteiger partial charge is 1.00 e. The van der Waals surface area contributed by atoms with Crippen LogP contribution in [0.3, 0.4) is 0 Å². The van der Waals surface area contributed by atoms with E-state index in [0.29, 0.717) is 44.6 Å². The summed E-state index contributed by atoms with van der Waals surface area (Å²) in [5.74, 6) is -1.83. The summed E-state index contributed by atoms with van der Waals surface area (Å²) < 4.78 is 35.4. The van der Waals surface area contributed by atoms with Gasteiger partial charge in [-0.25, -0.2) is 0 Å². The number of hydrogen-bond donors (Lipinski definition) is 1. The molecule has 1 fully saturated rings. The van der Waals surface area contributed by atoms with Crippen molar-refractivity contribution in [3.63, 3.8) is 0 Å². The molecule has 1 aliphatic heterocycles. The number of aliphatic hydroxyl groups excluding tert-OH is 1. The van der Waals surface area contributed by atoms with Crippen LogP contribution >= 0.6 is 0 Å². The summed E-state index contributed by atoms with van der Waals surface area (Å²) in [6.45, 7) is 24.4. The third-order valence-corrected chi connectivity index (χ3v) is 18.8. The second-order valence-corrected chi connectivity index (χ2v) is 27.5. The van der Waals surface area contributed by atoms with Crippen LogP contribution < -0.4 is 42.8 Å². The molecular weight excluding hydrogens is 1190 g/mol. The molecule has 1 saturated heterocycles. The Balaban J connectivity index is 0. The van der Waals surface area contributed by atoms with Gasteiger partial charge in [0.2, 0.25) is 0 Å². The maximum atomic E-state index is 13.0. The normalized spacial score (nSPS) is 17.2. The molecule has 12 unspecified atom stereocenters. The number of unbranched alkanes of at least 4 members (excludes halogenated alkanes) is 6. The summed E-state index contributed by atoms with van der Waals surface area (Å²) in [6, 6.07) is 30.8. The van der Waals surface area contributed by atoms with Crippen LogP contribution in [0.4, 0.5) is 0 Å². The van der Waals surface area contributed by atoms with Crippen molar-refractivity contribution in [2.45, 2.75) is 267 Å². The molecule has 3 aromatic carbocycles. The van der Waals surface area contributed by atoms with Crippen LogP contribution in [0.15, 0.2) is 91.0 Å². The van der Waals surface area contributed by atoms with Crippen LogP contribution in [0.1, 0.15) is 265 Å². The number of esters is 6. The van der Waals surface area contributed by atoms with Gasteiger partial charge >= 0.3 is 73.5 Å². The fourth-order valence-electron chi connectivity index (χ4n) is 13.6. The third kappa shape index (κ3) is 33.3. The van der Waals surface area contributed by atoms with Gasteiger partial charge in [0, 0.05) is 0 Å². The van der Waals surface area contributed by atoms with Gasteiger partial charge in [-0.3, -0.25) is 28.8 Å². The van der Waals surface area contributed by atoms with Gasteiger partial charge in [0.15, 0.2) is 0 Å². The Hall–Kier alpha value is -4.45. The van der Waals surface area contributed by atoms with E-state index >= 15 is 0 Å². The van der Waals surface area contributed by atoms with Crippen LogP contribution in [-0.2, 0) is 61.9 Å². The van der Waals surface area contributed by atoms with Gasteiger partial charge in [-0.1, -0.05) is 204 Å². The van der Waals surface area contributed by atoms with Crippen LogP contribution in [0.5, 0.6) is 0 Å². The second-order valence-electron chi connectivity index (χ2n) is 27.5. The molecule has 0 radical (unpaired) electrons. The average Bonchev–Trinajstić information content (AvgIpc) is 1.38. The summed E-state index contributed by atoms with van der Waals surface area (Å²) in [5, 5.41) is 22.7. The number of aliphatic hydroxyl groups is 1. The van der Waals surface area contributed by atoms with Gasteiger partial charge in [-0.2, -0.15) is 0 Å². The minimum Gasteiger partial charge on any atom is -0.852 e. The predicted octanol–water partition coefficient (Wildman–Crippen LogP) is 10.6. The van der Waals surface area contributed by atoms with E-state index in [4.69, 9.17) is 33.2 Å². The van der Waals surface area contributed by atoms with Crippen molar-refractivity contribution < 1.29 is 110 Å². The second kappa shape index (κ2) is 49.1. The topological polar surface area (TPSA) is 214 Å². The van der Waals surface area contributed by atoms with E-state index in [9.17, 15) is 39.0 Å². The third-order valence-electron chi connectivity index (χ3n) is 18.8. The molecule has 528 valence electrons. The van der Waals surface area contributed by atoms with E-state index in [1.807, 2.05) is 96.1 Å². The summed E-state index contributed by atoms with van der Waals surface area (Å²) in [6.07, 6.45) is 17.4. The maximum Gasteiger partial charge on any atom is 1.00 e. The SMILES string of the molecule is CCC1CO1.CCCCCC(CC(C)(CC(C)(CC(O)CC)C(=O)OC)C(=O)OC)c1ccccc1.CCCCCC(CC(C)(CC(C)(CC([O-])CC)C(=O)OC)C(=O)OC)c1ccccc1.CCCCCC(CC(C)(CC(C)C(=O)OC)C(=O)OC)c1ccccc1.[Li+].[Li+]. The molecule has 1 heterocycles. The quantitative estimate of drug-likeness (QED) is 0.0184. The molecule has 0 spiro atoms. The van der Waals surface area contributed by atoms with Gasteiger partial charge in [0.25, 0.3) is 0 Å². The first-order valence-corrected chi connectivity index (χ1v) is 34.7. The van der Waals surface area contributed by atoms with Gasteiger partial charge in [0.1, 0.15) is 0 Å². The molecule has 0 aliphatic carbocycles. The van der Waals surface area contributed by atoms with Crippen molar-refractivity contribution in [3.8, 4) is 0 Å². The standard InChI is InChI=1S/C26H42O5.C26H41O5.C22H34O4.C4H8O.2Li/c2*1-7-9-11-16-21(20-14-12-10-13-15-20)17-25(3,23(28)30-5)19-26(4,24(29)31-6)18-22(27)8-2;1-6-7-9-14-19(18-12-10-8-11-13-18)16-22(3,21(24)26-5)15-17(2)20(23)25-4;1-2-4-3-5-4;;/h10,12-15,21-22,27H,7-9,11,16-19H2,1-6H3;10,12-15,21-22H,7-9,11,16-19H2,1-6H3;8,10-13,17,19H,6-7,9,14-16H2,1-5H3;4H,2-3H2,1H3;;/q;-1;;;2*+1. The van der Waals surface area contributed by atoms with Gasteiger partial charge in [0.05, 0.1) is 94.5 Å². The Morgan fingerprint density at radius 1 is 0.453 bits per heavy atom. The van der Waals surface area contributed by atoms with Gasteiger partial charge in [-0.15, -0.1) is 6.10 Å². The number of methoxy groups -OCH3 is 6. The Labute approximate surface area is 598 Å². The van der Waals surface area contributed by atoms with E-state index in [1.54, 1.807) is 13.8 Å². The Kier molecular flexibility index (Phi) is 47.9. The molecule has 17 heteroatoms. The Morgan fingerprint density at radius 3 is 1.00 bits per heavy atom. The Bertz CT molecular complexity index is 2440. The van der Waals surface area contributed by atoms with Crippen molar-refractivity contribution in [1.82, 2.24) is 0 Å². The number of carbonyl (C=O) groups excluding carboxylic acids is 6. The molecule has 15 nitrogen and oxygen atoms in total. The van der Waals surface area contributed by atoms with E-state index < -0.39 is 51.2 Å². The molecule has 4 rings (SSSR count). The molecule has 95 heavy (non-hydrogen) atoms. The number of carbonyl (C=O) groups is 6. The van der Waals surface area contributed by atoms with Crippen molar-refractivity contribution in [1.29, 1.82) is 0 Å². The summed E-state index contributed by atoms with van der Waals surface area (Å²) in [7, 11) is 8.26. The van der Waals surface area contributed by atoms with Gasteiger partial charge < -0.3 is 43.4 Å². The molecular formula is C78H125Li2O15+. The van der Waals surface area contributed by atoms with Gasteiger partial charge in [-0.05, 0) is 153 Å². The van der Waals surface area contributed by atoms with Crippen molar-refractivity contribution in [2.75, 3.05) is 49.3 Å². The first-order chi connectivity index (χ1) is 44.1. The molecule has 0 amide bonds. The van der Waals surface area contributed by atoms with E-state index in [-0.39, 0.29) is 111 Å².